The molecule has 1 aromatic rings. The fourth-order valence-corrected chi connectivity index (χ4v) is 1.43. The highest BCUT2D eigenvalue weighted by atomic mass is 16.2. The fraction of sp³-hybridized carbons (Fsp3) is 0.385. The van der Waals surface area contributed by atoms with Crippen LogP contribution in [0.2, 0.25) is 0 Å². The molecule has 3 heteroatoms. The van der Waals surface area contributed by atoms with E-state index in [9.17, 15) is 4.79 Å². The van der Waals surface area contributed by atoms with Crippen molar-refractivity contribution in [2.75, 3.05) is 13.6 Å². The zero-order chi connectivity index (χ0) is 11.8. The molecule has 0 aliphatic carbocycles. The van der Waals surface area contributed by atoms with Crippen molar-refractivity contribution in [3.8, 4) is 6.07 Å². The van der Waals surface area contributed by atoms with E-state index in [1.54, 1.807) is 11.9 Å². The van der Waals surface area contributed by atoms with Crippen LogP contribution < -0.4 is 0 Å². The molecule has 0 aliphatic heterocycles. The molecule has 1 amide bonds. The smallest absolute Gasteiger partial charge is 0.222 e. The van der Waals surface area contributed by atoms with E-state index in [0.717, 1.165) is 6.42 Å². The van der Waals surface area contributed by atoms with Crippen LogP contribution in [0.4, 0.5) is 0 Å². The van der Waals surface area contributed by atoms with Crippen LogP contribution in [0.25, 0.3) is 0 Å². The van der Waals surface area contributed by atoms with Gasteiger partial charge in [0, 0.05) is 20.0 Å². The Kier molecular flexibility index (Phi) is 5.07. The summed E-state index contributed by atoms with van der Waals surface area (Å²) in [6.07, 6.45) is 1.66. The van der Waals surface area contributed by atoms with Gasteiger partial charge in [-0.05, 0) is 12.0 Å². The van der Waals surface area contributed by atoms with E-state index in [-0.39, 0.29) is 5.91 Å². The van der Waals surface area contributed by atoms with E-state index in [4.69, 9.17) is 5.26 Å². The molecule has 0 aromatic heterocycles. The number of amides is 1. The first-order valence-electron chi connectivity index (χ1n) is 5.39. The number of carbonyl (C=O) groups is 1. The number of hydrogen-bond donors (Lipinski definition) is 0. The minimum absolute atomic E-state index is 0.0964. The van der Waals surface area contributed by atoms with E-state index < -0.39 is 0 Å². The summed E-state index contributed by atoms with van der Waals surface area (Å²) in [6.45, 7) is 0.518. The maximum atomic E-state index is 11.6. The molecule has 1 aromatic carbocycles. The van der Waals surface area contributed by atoms with Gasteiger partial charge in [-0.1, -0.05) is 30.3 Å². The van der Waals surface area contributed by atoms with Crippen LogP contribution >= 0.6 is 0 Å². The Bertz CT molecular complexity index is 367. The van der Waals surface area contributed by atoms with Gasteiger partial charge in [0.05, 0.1) is 12.5 Å². The van der Waals surface area contributed by atoms with E-state index in [1.165, 1.54) is 5.56 Å². The molecule has 0 unspecified atom stereocenters. The highest BCUT2D eigenvalue weighted by molar-refractivity contribution is 5.76. The molecule has 84 valence electrons. The summed E-state index contributed by atoms with van der Waals surface area (Å²) in [5.74, 6) is 0.0964. The number of rotatable bonds is 5. The first-order valence-corrected chi connectivity index (χ1v) is 5.39. The number of nitrogens with zero attached hydrogens (tertiary/aromatic N) is 2. The first kappa shape index (κ1) is 12.3. The van der Waals surface area contributed by atoms with Crippen molar-refractivity contribution in [3.63, 3.8) is 0 Å². The Morgan fingerprint density at radius 3 is 2.69 bits per heavy atom. The lowest BCUT2D eigenvalue weighted by Gasteiger charge is -2.15. The van der Waals surface area contributed by atoms with Crippen LogP contribution in [0, 0.1) is 11.3 Å². The summed E-state index contributed by atoms with van der Waals surface area (Å²) in [6, 6.07) is 12.0. The monoisotopic (exact) mass is 216 g/mol. The zero-order valence-corrected chi connectivity index (χ0v) is 9.52. The van der Waals surface area contributed by atoms with Gasteiger partial charge in [0.25, 0.3) is 0 Å². The molecule has 0 saturated carbocycles. The number of nitriles is 1. The quantitative estimate of drug-likeness (QED) is 0.755. The van der Waals surface area contributed by atoms with Gasteiger partial charge in [-0.15, -0.1) is 0 Å². The third kappa shape index (κ3) is 4.14. The van der Waals surface area contributed by atoms with Gasteiger partial charge in [0.2, 0.25) is 5.91 Å². The minimum Gasteiger partial charge on any atom is -0.345 e. The van der Waals surface area contributed by atoms with Crippen molar-refractivity contribution in [1.29, 1.82) is 5.26 Å². The number of benzene rings is 1. The van der Waals surface area contributed by atoms with Crippen molar-refractivity contribution in [2.45, 2.75) is 19.3 Å². The lowest BCUT2D eigenvalue weighted by Crippen LogP contribution is -2.27. The van der Waals surface area contributed by atoms with E-state index >= 15 is 0 Å². The third-order valence-corrected chi connectivity index (χ3v) is 2.46. The standard InChI is InChI=1S/C13H16N2O/c1-15(11-5-10-14)13(16)9-8-12-6-3-2-4-7-12/h2-4,6-7H,5,8-9,11H2,1H3. The normalized spacial score (nSPS) is 9.50. The van der Waals surface area contributed by atoms with Crippen molar-refractivity contribution in [3.05, 3.63) is 35.9 Å². The molecular weight excluding hydrogens is 200 g/mol. The Morgan fingerprint density at radius 2 is 2.06 bits per heavy atom. The predicted octanol–water partition coefficient (Wildman–Crippen LogP) is 1.99. The molecule has 1 rings (SSSR count). The summed E-state index contributed by atoms with van der Waals surface area (Å²) in [4.78, 5) is 13.3. The largest absolute Gasteiger partial charge is 0.345 e. The van der Waals surface area contributed by atoms with Gasteiger partial charge in [-0.2, -0.15) is 5.26 Å². The molecule has 16 heavy (non-hydrogen) atoms. The third-order valence-electron chi connectivity index (χ3n) is 2.46. The van der Waals surface area contributed by atoms with Gasteiger partial charge in [-0.3, -0.25) is 4.79 Å². The van der Waals surface area contributed by atoms with Gasteiger partial charge in [0.15, 0.2) is 0 Å². The lowest BCUT2D eigenvalue weighted by atomic mass is 10.1. The average molecular weight is 216 g/mol. The molecule has 0 fully saturated rings. The van der Waals surface area contributed by atoms with Crippen molar-refractivity contribution >= 4 is 5.91 Å². The van der Waals surface area contributed by atoms with Gasteiger partial charge in [0.1, 0.15) is 0 Å². The number of aryl methyl sites for hydroxylation is 1. The summed E-state index contributed by atoms with van der Waals surface area (Å²) in [5.41, 5.74) is 1.17. The number of hydrogen-bond acceptors (Lipinski definition) is 2. The molecule has 0 aliphatic rings. The second-order valence-electron chi connectivity index (χ2n) is 3.71. The topological polar surface area (TPSA) is 44.1 Å². The first-order chi connectivity index (χ1) is 7.74. The molecule has 0 spiro atoms. The molecule has 0 radical (unpaired) electrons. The average Bonchev–Trinajstić information content (AvgIpc) is 2.34. The molecule has 0 atom stereocenters. The molecular formula is C13H16N2O. The lowest BCUT2D eigenvalue weighted by molar-refractivity contribution is -0.129. The molecule has 0 N–H and O–H groups in total. The summed E-state index contributed by atoms with van der Waals surface area (Å²) >= 11 is 0. The molecule has 0 heterocycles. The summed E-state index contributed by atoms with van der Waals surface area (Å²) in [5, 5.41) is 8.42. The second kappa shape index (κ2) is 6.62. The maximum absolute atomic E-state index is 11.6. The van der Waals surface area contributed by atoms with Crippen molar-refractivity contribution < 1.29 is 4.79 Å². The predicted molar refractivity (Wildman–Crippen MR) is 62.6 cm³/mol. The summed E-state index contributed by atoms with van der Waals surface area (Å²) in [7, 11) is 1.74. The van der Waals surface area contributed by atoms with Gasteiger partial charge < -0.3 is 4.90 Å². The molecule has 0 saturated heterocycles. The summed E-state index contributed by atoms with van der Waals surface area (Å²) < 4.78 is 0. The van der Waals surface area contributed by atoms with Gasteiger partial charge in [-0.25, -0.2) is 0 Å². The molecule has 0 bridgehead atoms. The zero-order valence-electron chi connectivity index (χ0n) is 9.52. The van der Waals surface area contributed by atoms with E-state index in [0.29, 0.717) is 19.4 Å². The second-order valence-corrected chi connectivity index (χ2v) is 3.71. The Morgan fingerprint density at radius 1 is 1.38 bits per heavy atom. The SMILES string of the molecule is CN(CCC#N)C(=O)CCc1ccccc1. The maximum Gasteiger partial charge on any atom is 0.222 e. The highest BCUT2D eigenvalue weighted by Crippen LogP contribution is 2.04. The van der Waals surface area contributed by atoms with Gasteiger partial charge >= 0.3 is 0 Å². The van der Waals surface area contributed by atoms with Crippen LogP contribution in [0.3, 0.4) is 0 Å². The van der Waals surface area contributed by atoms with Crippen molar-refractivity contribution in [1.82, 2.24) is 4.90 Å². The fourth-order valence-electron chi connectivity index (χ4n) is 1.43. The van der Waals surface area contributed by atoms with Crippen molar-refractivity contribution in [2.24, 2.45) is 0 Å². The Labute approximate surface area is 96.3 Å². The van der Waals surface area contributed by atoms with Crippen LogP contribution in [0.15, 0.2) is 30.3 Å². The van der Waals surface area contributed by atoms with Crippen LogP contribution in [0.1, 0.15) is 18.4 Å². The Hall–Kier alpha value is -1.82. The van der Waals surface area contributed by atoms with Crippen LogP contribution in [-0.2, 0) is 11.2 Å². The van der Waals surface area contributed by atoms with Crippen LogP contribution in [0.5, 0.6) is 0 Å². The number of carbonyl (C=O) groups excluding carboxylic acids is 1. The minimum atomic E-state index is 0.0964. The van der Waals surface area contributed by atoms with Crippen LogP contribution in [-0.4, -0.2) is 24.4 Å². The van der Waals surface area contributed by atoms with E-state index in [2.05, 4.69) is 0 Å². The molecule has 3 nitrogen and oxygen atoms in total. The van der Waals surface area contributed by atoms with E-state index in [1.807, 2.05) is 36.4 Å². The highest BCUT2D eigenvalue weighted by Gasteiger charge is 2.07. The Balaban J connectivity index is 2.33.